The van der Waals surface area contributed by atoms with Crippen LogP contribution in [0, 0.1) is 0 Å². The highest BCUT2D eigenvalue weighted by atomic mass is 16.5. The predicted octanol–water partition coefficient (Wildman–Crippen LogP) is 3.86. The largest absolute Gasteiger partial charge is 0.488 e. The third-order valence-corrected chi connectivity index (χ3v) is 6.14. The van der Waals surface area contributed by atoms with Gasteiger partial charge in [0.15, 0.2) is 0 Å². The Morgan fingerprint density at radius 3 is 2.50 bits per heavy atom. The monoisotopic (exact) mass is 461 g/mol. The molecule has 0 radical (unpaired) electrons. The van der Waals surface area contributed by atoms with Crippen LogP contribution in [0.3, 0.4) is 0 Å². The van der Waals surface area contributed by atoms with Crippen molar-refractivity contribution in [3.05, 3.63) is 60.3 Å². The minimum atomic E-state index is 0.150. The van der Waals surface area contributed by atoms with Crippen molar-refractivity contribution in [2.75, 3.05) is 50.6 Å². The molecule has 8 heteroatoms. The summed E-state index contributed by atoms with van der Waals surface area (Å²) < 4.78 is 16.9. The predicted molar refractivity (Wildman–Crippen MR) is 132 cm³/mol. The molecule has 2 fully saturated rings. The summed E-state index contributed by atoms with van der Waals surface area (Å²) in [7, 11) is 0. The topological polar surface area (TPSA) is 94.8 Å². The number of hydrogen-bond donors (Lipinski definition) is 2. The summed E-state index contributed by atoms with van der Waals surface area (Å²) in [6.07, 6.45) is 3.67. The molecular formula is C26H31N5O3. The van der Waals surface area contributed by atoms with E-state index in [2.05, 4.69) is 44.5 Å². The van der Waals surface area contributed by atoms with Gasteiger partial charge in [-0.2, -0.15) is 0 Å². The summed E-state index contributed by atoms with van der Waals surface area (Å²) >= 11 is 0. The molecule has 3 aromatic rings. The minimum absolute atomic E-state index is 0.150. The fourth-order valence-corrected chi connectivity index (χ4v) is 4.21. The number of anilines is 3. The normalized spacial score (nSPS) is 17.4. The molecule has 0 aliphatic carbocycles. The standard InChI is InChI=1S/C26H31N5O3/c27-23-17-20(3-6-25(23)34-22-8-13-32-14-9-22)24-7-10-28-26(30-24)29-21-4-1-19(2-5-21)18-31-11-15-33-16-12-31/h1-7,10,17,22H,8-9,11-16,18,27H2,(H,28,29,30). The molecular weight excluding hydrogens is 430 g/mol. The van der Waals surface area contributed by atoms with Crippen molar-refractivity contribution in [3.8, 4) is 17.0 Å². The van der Waals surface area contributed by atoms with E-state index in [9.17, 15) is 0 Å². The first kappa shape index (κ1) is 22.6. The van der Waals surface area contributed by atoms with Gasteiger partial charge in [-0.1, -0.05) is 12.1 Å². The molecule has 5 rings (SSSR count). The minimum Gasteiger partial charge on any atom is -0.488 e. The lowest BCUT2D eigenvalue weighted by molar-refractivity contribution is 0.0259. The van der Waals surface area contributed by atoms with Crippen LogP contribution in [-0.2, 0) is 16.0 Å². The number of rotatable bonds is 7. The zero-order valence-electron chi connectivity index (χ0n) is 19.3. The summed E-state index contributed by atoms with van der Waals surface area (Å²) in [5.74, 6) is 1.25. The lowest BCUT2D eigenvalue weighted by Crippen LogP contribution is -2.35. The van der Waals surface area contributed by atoms with Crippen LogP contribution in [0.2, 0.25) is 0 Å². The van der Waals surface area contributed by atoms with E-state index in [-0.39, 0.29) is 6.10 Å². The molecule has 3 heterocycles. The second-order valence-electron chi connectivity index (χ2n) is 8.66. The molecule has 2 aliphatic rings. The van der Waals surface area contributed by atoms with Crippen molar-refractivity contribution in [1.29, 1.82) is 0 Å². The zero-order chi connectivity index (χ0) is 23.2. The van der Waals surface area contributed by atoms with Crippen LogP contribution in [0.5, 0.6) is 5.75 Å². The third kappa shape index (κ3) is 5.83. The van der Waals surface area contributed by atoms with Gasteiger partial charge in [-0.3, -0.25) is 4.90 Å². The molecule has 2 aliphatic heterocycles. The molecule has 0 atom stereocenters. The molecule has 2 aromatic carbocycles. The number of nitrogens with one attached hydrogen (secondary N) is 1. The number of nitrogen functional groups attached to an aromatic ring is 1. The third-order valence-electron chi connectivity index (χ3n) is 6.14. The molecule has 0 spiro atoms. The molecule has 1 aromatic heterocycles. The van der Waals surface area contributed by atoms with Crippen molar-refractivity contribution in [1.82, 2.24) is 14.9 Å². The Hall–Kier alpha value is -3.20. The van der Waals surface area contributed by atoms with Crippen molar-refractivity contribution in [3.63, 3.8) is 0 Å². The van der Waals surface area contributed by atoms with Gasteiger partial charge in [-0.15, -0.1) is 0 Å². The second kappa shape index (κ2) is 10.8. The molecule has 0 bridgehead atoms. The first-order chi connectivity index (χ1) is 16.7. The molecule has 2 saturated heterocycles. The highest BCUT2D eigenvalue weighted by Gasteiger charge is 2.17. The molecule has 178 valence electrons. The maximum Gasteiger partial charge on any atom is 0.227 e. The Balaban J connectivity index is 1.23. The molecule has 0 amide bonds. The van der Waals surface area contributed by atoms with E-state index in [0.717, 1.165) is 75.8 Å². The number of nitrogens with two attached hydrogens (primary N) is 1. The smallest absolute Gasteiger partial charge is 0.227 e. The van der Waals surface area contributed by atoms with Gasteiger partial charge >= 0.3 is 0 Å². The lowest BCUT2D eigenvalue weighted by Gasteiger charge is -2.26. The van der Waals surface area contributed by atoms with Gasteiger partial charge in [-0.25, -0.2) is 9.97 Å². The molecule has 3 N–H and O–H groups in total. The van der Waals surface area contributed by atoms with Gasteiger partial charge < -0.3 is 25.3 Å². The van der Waals surface area contributed by atoms with Crippen molar-refractivity contribution in [2.24, 2.45) is 0 Å². The van der Waals surface area contributed by atoms with Crippen molar-refractivity contribution < 1.29 is 14.2 Å². The maximum absolute atomic E-state index is 6.29. The quantitative estimate of drug-likeness (QED) is 0.512. The van der Waals surface area contributed by atoms with Crippen LogP contribution in [-0.4, -0.2) is 60.5 Å². The van der Waals surface area contributed by atoms with E-state index in [1.807, 2.05) is 24.3 Å². The van der Waals surface area contributed by atoms with Crippen LogP contribution in [0.15, 0.2) is 54.7 Å². The van der Waals surface area contributed by atoms with Crippen LogP contribution < -0.4 is 15.8 Å². The molecule has 8 nitrogen and oxygen atoms in total. The Morgan fingerprint density at radius 1 is 0.971 bits per heavy atom. The maximum atomic E-state index is 6.29. The number of aromatic nitrogens is 2. The Bertz CT molecular complexity index is 1080. The lowest BCUT2D eigenvalue weighted by atomic mass is 10.1. The number of benzene rings is 2. The number of hydrogen-bond acceptors (Lipinski definition) is 8. The molecule has 34 heavy (non-hydrogen) atoms. The SMILES string of the molecule is Nc1cc(-c2ccnc(Nc3ccc(CN4CCOCC4)cc3)n2)ccc1OC1CCOCC1. The van der Waals surface area contributed by atoms with Crippen LogP contribution in [0.1, 0.15) is 18.4 Å². The zero-order valence-corrected chi connectivity index (χ0v) is 19.3. The Labute approximate surface area is 200 Å². The fraction of sp³-hybridized carbons (Fsp3) is 0.385. The van der Waals surface area contributed by atoms with Gasteiger partial charge in [-0.05, 0) is 42.0 Å². The first-order valence-corrected chi connectivity index (χ1v) is 11.9. The highest BCUT2D eigenvalue weighted by Crippen LogP contribution is 2.30. The number of ether oxygens (including phenoxy) is 3. The Morgan fingerprint density at radius 2 is 1.74 bits per heavy atom. The summed E-state index contributed by atoms with van der Waals surface area (Å²) in [5.41, 5.74) is 10.8. The van der Waals surface area contributed by atoms with E-state index in [4.69, 9.17) is 19.9 Å². The summed E-state index contributed by atoms with van der Waals surface area (Å²) in [4.78, 5) is 11.5. The van der Waals surface area contributed by atoms with Gasteiger partial charge in [0, 0.05) is 49.9 Å². The van der Waals surface area contributed by atoms with Gasteiger partial charge in [0.25, 0.3) is 0 Å². The van der Waals surface area contributed by atoms with E-state index in [0.29, 0.717) is 17.4 Å². The molecule has 0 unspecified atom stereocenters. The van der Waals surface area contributed by atoms with Crippen LogP contribution >= 0.6 is 0 Å². The van der Waals surface area contributed by atoms with Crippen molar-refractivity contribution in [2.45, 2.75) is 25.5 Å². The van der Waals surface area contributed by atoms with Gasteiger partial charge in [0.1, 0.15) is 11.9 Å². The number of nitrogens with zero attached hydrogens (tertiary/aromatic N) is 3. The summed E-state index contributed by atoms with van der Waals surface area (Å²) in [6, 6.07) is 16.1. The van der Waals surface area contributed by atoms with E-state index in [1.165, 1.54) is 5.56 Å². The molecule has 0 saturated carbocycles. The van der Waals surface area contributed by atoms with E-state index >= 15 is 0 Å². The fourth-order valence-electron chi connectivity index (χ4n) is 4.21. The second-order valence-corrected chi connectivity index (χ2v) is 8.66. The van der Waals surface area contributed by atoms with E-state index in [1.54, 1.807) is 6.20 Å². The average Bonchev–Trinajstić information content (AvgIpc) is 2.88. The summed E-state index contributed by atoms with van der Waals surface area (Å²) in [6.45, 7) is 5.98. The summed E-state index contributed by atoms with van der Waals surface area (Å²) in [5, 5.41) is 3.30. The van der Waals surface area contributed by atoms with Crippen LogP contribution in [0.4, 0.5) is 17.3 Å². The number of morpholine rings is 1. The highest BCUT2D eigenvalue weighted by molar-refractivity contribution is 5.69. The van der Waals surface area contributed by atoms with Gasteiger partial charge in [0.05, 0.1) is 37.8 Å². The average molecular weight is 462 g/mol. The van der Waals surface area contributed by atoms with Gasteiger partial charge in [0.2, 0.25) is 5.95 Å². The Kier molecular flexibility index (Phi) is 7.19. The van der Waals surface area contributed by atoms with Crippen molar-refractivity contribution >= 4 is 17.3 Å². The van der Waals surface area contributed by atoms with E-state index < -0.39 is 0 Å². The van der Waals surface area contributed by atoms with Crippen LogP contribution in [0.25, 0.3) is 11.3 Å². The first-order valence-electron chi connectivity index (χ1n) is 11.9.